The molecule has 2 rings (SSSR count). The first kappa shape index (κ1) is 25.9. The molecule has 2 aliphatic carbocycles. The second-order valence-corrected chi connectivity index (χ2v) is 7.62. The van der Waals surface area contributed by atoms with Crippen LogP contribution in [0.25, 0.3) is 0 Å². The Balaban J connectivity index is -0.000000274. The molecule has 0 aliphatic heterocycles. The van der Waals surface area contributed by atoms with Crippen molar-refractivity contribution in [1.29, 1.82) is 0 Å². The van der Waals surface area contributed by atoms with Gasteiger partial charge in [-0.15, -0.1) is 0 Å². The molecule has 2 fully saturated rings. The van der Waals surface area contributed by atoms with E-state index >= 15 is 0 Å². The van der Waals surface area contributed by atoms with Gasteiger partial charge in [0.1, 0.15) is 0 Å². The molecule has 0 amide bonds. The highest BCUT2D eigenvalue weighted by molar-refractivity contribution is 4.78. The highest BCUT2D eigenvalue weighted by Crippen LogP contribution is 2.37. The molecule has 2 nitrogen and oxygen atoms in total. The van der Waals surface area contributed by atoms with E-state index in [4.69, 9.17) is 0 Å². The van der Waals surface area contributed by atoms with Crippen LogP contribution in [0.2, 0.25) is 0 Å². The van der Waals surface area contributed by atoms with E-state index in [-0.39, 0.29) is 18.4 Å². The van der Waals surface area contributed by atoms with E-state index in [9.17, 15) is 0 Å². The summed E-state index contributed by atoms with van der Waals surface area (Å²) in [6.07, 6.45) is 8.80. The van der Waals surface area contributed by atoms with Crippen molar-refractivity contribution in [3.05, 3.63) is 0 Å². The molecule has 0 heterocycles. The summed E-state index contributed by atoms with van der Waals surface area (Å²) in [5, 5.41) is 0. The highest BCUT2D eigenvalue weighted by Gasteiger charge is 2.28. The molecular weight excluding hydrogens is 260 g/mol. The molecule has 0 aromatic carbocycles. The van der Waals surface area contributed by atoms with Crippen LogP contribution in [0, 0.1) is 35.5 Å². The van der Waals surface area contributed by atoms with Gasteiger partial charge >= 0.3 is 0 Å². The van der Waals surface area contributed by atoms with Crippen molar-refractivity contribution >= 4 is 0 Å². The number of hydrogen-bond acceptors (Lipinski definition) is 0. The van der Waals surface area contributed by atoms with Crippen LogP contribution in [0.4, 0.5) is 0 Å². The Hall–Kier alpha value is -0.0800. The Morgan fingerprint density at radius 2 is 0.714 bits per heavy atom. The SMILES string of the molecule is C.CC1CCC(C)C(C)C1C.CC1CCC(C)CC1.O.O. The summed E-state index contributed by atoms with van der Waals surface area (Å²) in [4.78, 5) is 0. The van der Waals surface area contributed by atoms with Crippen molar-refractivity contribution in [2.45, 2.75) is 87.5 Å². The maximum atomic E-state index is 2.41. The van der Waals surface area contributed by atoms with Crippen molar-refractivity contribution in [1.82, 2.24) is 0 Å². The van der Waals surface area contributed by atoms with E-state index in [1.165, 1.54) is 38.5 Å². The van der Waals surface area contributed by atoms with Gasteiger partial charge in [-0.3, -0.25) is 0 Å². The third-order valence-electron chi connectivity index (χ3n) is 6.01. The molecule has 0 aromatic heterocycles. The summed E-state index contributed by atoms with van der Waals surface area (Å²) in [6.45, 7) is 14.3. The van der Waals surface area contributed by atoms with Gasteiger partial charge in [0.15, 0.2) is 0 Å². The molecule has 0 spiro atoms. The maximum absolute atomic E-state index is 2.41. The molecule has 0 aromatic rings. The first-order valence-electron chi connectivity index (χ1n) is 8.41. The summed E-state index contributed by atoms with van der Waals surface area (Å²) in [7, 11) is 0. The van der Waals surface area contributed by atoms with Gasteiger partial charge in [0.25, 0.3) is 0 Å². The summed E-state index contributed by atoms with van der Waals surface area (Å²) in [5.74, 6) is 5.86. The Morgan fingerprint density at radius 3 is 0.952 bits per heavy atom. The second kappa shape index (κ2) is 12.5. The molecule has 21 heavy (non-hydrogen) atoms. The minimum absolute atomic E-state index is 0. The zero-order valence-corrected chi connectivity index (χ0v) is 14.7. The molecule has 132 valence electrons. The van der Waals surface area contributed by atoms with E-state index < -0.39 is 0 Å². The first-order chi connectivity index (χ1) is 8.41. The van der Waals surface area contributed by atoms with Crippen LogP contribution in [0.15, 0.2) is 0 Å². The van der Waals surface area contributed by atoms with E-state index in [0.29, 0.717) is 0 Å². The average Bonchev–Trinajstić information content (AvgIpc) is 2.36. The Kier molecular flexibility index (Phi) is 15.3. The molecule has 4 unspecified atom stereocenters. The van der Waals surface area contributed by atoms with E-state index in [0.717, 1.165) is 35.5 Å². The zero-order chi connectivity index (χ0) is 13.7. The molecule has 4 atom stereocenters. The predicted molar refractivity (Wildman–Crippen MR) is 96.6 cm³/mol. The fourth-order valence-electron chi connectivity index (χ4n) is 3.51. The quantitative estimate of drug-likeness (QED) is 0.594. The lowest BCUT2D eigenvalue weighted by atomic mass is 9.69. The maximum Gasteiger partial charge on any atom is -0.0389 e. The molecular formula is C19H44O2. The topological polar surface area (TPSA) is 63.0 Å². The Bertz CT molecular complexity index is 198. The molecule has 0 bridgehead atoms. The Labute approximate surface area is 134 Å². The monoisotopic (exact) mass is 304 g/mol. The Morgan fingerprint density at radius 1 is 0.476 bits per heavy atom. The first-order valence-corrected chi connectivity index (χ1v) is 8.41. The largest absolute Gasteiger partial charge is 0.412 e. The van der Waals surface area contributed by atoms with Crippen molar-refractivity contribution in [2.24, 2.45) is 35.5 Å². The molecule has 2 saturated carbocycles. The molecule has 4 N–H and O–H groups in total. The lowest BCUT2D eigenvalue weighted by molar-refractivity contribution is 0.137. The molecule has 0 saturated heterocycles. The van der Waals surface area contributed by atoms with Gasteiger partial charge in [-0.05, 0) is 35.5 Å². The molecule has 2 heteroatoms. The van der Waals surface area contributed by atoms with Gasteiger partial charge in [-0.25, -0.2) is 0 Å². The van der Waals surface area contributed by atoms with Crippen LogP contribution >= 0.6 is 0 Å². The van der Waals surface area contributed by atoms with Crippen molar-refractivity contribution < 1.29 is 11.0 Å². The van der Waals surface area contributed by atoms with Crippen molar-refractivity contribution in [3.8, 4) is 0 Å². The lowest BCUT2D eigenvalue weighted by Crippen LogP contribution is -2.27. The van der Waals surface area contributed by atoms with E-state index in [1.807, 2.05) is 0 Å². The summed E-state index contributed by atoms with van der Waals surface area (Å²) < 4.78 is 0. The second-order valence-electron chi connectivity index (χ2n) is 7.62. The fourth-order valence-corrected chi connectivity index (χ4v) is 3.51. The summed E-state index contributed by atoms with van der Waals surface area (Å²) in [6, 6.07) is 0. The van der Waals surface area contributed by atoms with Crippen LogP contribution in [-0.4, -0.2) is 11.0 Å². The van der Waals surface area contributed by atoms with Gasteiger partial charge in [-0.2, -0.15) is 0 Å². The minimum Gasteiger partial charge on any atom is -0.412 e. The fraction of sp³-hybridized carbons (Fsp3) is 1.00. The summed E-state index contributed by atoms with van der Waals surface area (Å²) in [5.41, 5.74) is 0. The normalized spacial score (nSPS) is 38.6. The van der Waals surface area contributed by atoms with Crippen molar-refractivity contribution in [3.63, 3.8) is 0 Å². The zero-order valence-electron chi connectivity index (χ0n) is 14.7. The van der Waals surface area contributed by atoms with Gasteiger partial charge in [0.05, 0.1) is 0 Å². The van der Waals surface area contributed by atoms with Gasteiger partial charge in [0, 0.05) is 0 Å². The van der Waals surface area contributed by atoms with Crippen molar-refractivity contribution in [2.75, 3.05) is 0 Å². The summed E-state index contributed by atoms with van der Waals surface area (Å²) >= 11 is 0. The van der Waals surface area contributed by atoms with E-state index in [2.05, 4.69) is 41.5 Å². The van der Waals surface area contributed by atoms with Gasteiger partial charge in [-0.1, -0.05) is 87.5 Å². The third-order valence-corrected chi connectivity index (χ3v) is 6.01. The standard InChI is InChI=1S/C10H20.C8H16.CH4.2H2O/c1-7-5-6-8(2)10(4)9(7)3;1-7-3-5-8(2)6-4-7;;;/h7-10H,5-6H2,1-4H3;7-8H,3-6H2,1-2H3;1H4;2*1H2. The predicted octanol–water partition coefficient (Wildman–Crippen LogP) is 5.14. The van der Waals surface area contributed by atoms with Crippen LogP contribution < -0.4 is 0 Å². The van der Waals surface area contributed by atoms with Crippen LogP contribution in [-0.2, 0) is 0 Å². The molecule has 2 aliphatic rings. The third kappa shape index (κ3) is 8.83. The highest BCUT2D eigenvalue weighted by atomic mass is 16.0. The smallest absolute Gasteiger partial charge is 0.0389 e. The van der Waals surface area contributed by atoms with Crippen LogP contribution in [0.1, 0.15) is 87.5 Å². The minimum atomic E-state index is 0. The number of rotatable bonds is 0. The lowest BCUT2D eigenvalue weighted by Gasteiger charge is -2.36. The van der Waals surface area contributed by atoms with Crippen LogP contribution in [0.3, 0.4) is 0 Å². The van der Waals surface area contributed by atoms with Gasteiger partial charge in [0.2, 0.25) is 0 Å². The number of hydrogen-bond donors (Lipinski definition) is 0. The van der Waals surface area contributed by atoms with E-state index in [1.54, 1.807) is 0 Å². The molecule has 0 radical (unpaired) electrons. The van der Waals surface area contributed by atoms with Crippen LogP contribution in [0.5, 0.6) is 0 Å². The van der Waals surface area contributed by atoms with Gasteiger partial charge < -0.3 is 11.0 Å². The average molecular weight is 305 g/mol.